The second-order valence-corrected chi connectivity index (χ2v) is 7.44. The van der Waals surface area contributed by atoms with Crippen LogP contribution in [0.4, 0.5) is 5.69 Å². The first-order chi connectivity index (χ1) is 13.0. The van der Waals surface area contributed by atoms with Crippen molar-refractivity contribution < 1.29 is 14.3 Å². The van der Waals surface area contributed by atoms with Crippen molar-refractivity contribution in [2.24, 2.45) is 4.99 Å². The number of aryl methyl sites for hydroxylation is 2. The number of hydrogen-bond acceptors (Lipinski definition) is 5. The van der Waals surface area contributed by atoms with Crippen molar-refractivity contribution in [1.82, 2.24) is 4.90 Å². The summed E-state index contributed by atoms with van der Waals surface area (Å²) < 4.78 is 10.8. The summed E-state index contributed by atoms with van der Waals surface area (Å²) in [7, 11) is 0. The van der Waals surface area contributed by atoms with Gasteiger partial charge in [0.05, 0.1) is 10.6 Å². The Morgan fingerprint density at radius 1 is 1.11 bits per heavy atom. The molecule has 0 radical (unpaired) electrons. The highest BCUT2D eigenvalue weighted by atomic mass is 32.2. The normalized spacial score (nSPS) is 18.8. The van der Waals surface area contributed by atoms with Crippen molar-refractivity contribution in [2.75, 3.05) is 13.3 Å². The van der Waals surface area contributed by atoms with Gasteiger partial charge in [-0.15, -0.1) is 0 Å². The largest absolute Gasteiger partial charge is 0.454 e. The number of rotatable bonds is 3. The van der Waals surface area contributed by atoms with E-state index in [4.69, 9.17) is 14.5 Å². The lowest BCUT2D eigenvalue weighted by atomic mass is 10.1. The molecule has 2 aromatic rings. The molecule has 0 saturated carbocycles. The second kappa shape index (κ2) is 7.12. The van der Waals surface area contributed by atoms with E-state index in [0.717, 1.165) is 17.0 Å². The van der Waals surface area contributed by atoms with E-state index in [9.17, 15) is 4.79 Å². The van der Waals surface area contributed by atoms with E-state index in [1.165, 1.54) is 22.9 Å². The van der Waals surface area contributed by atoms with Crippen LogP contribution in [0.25, 0.3) is 6.08 Å². The Labute approximate surface area is 162 Å². The fourth-order valence-corrected chi connectivity index (χ4v) is 3.99. The lowest BCUT2D eigenvalue weighted by Crippen LogP contribution is -2.28. The van der Waals surface area contributed by atoms with E-state index in [1.54, 1.807) is 4.90 Å². The SMILES string of the molecule is CCN1C(=O)/C(=C\c2ccc3c(c2)OCO3)SC1=Nc1ccc(C)c(C)c1. The average molecular weight is 380 g/mol. The van der Waals surface area contributed by atoms with Gasteiger partial charge in [-0.2, -0.15) is 0 Å². The highest BCUT2D eigenvalue weighted by molar-refractivity contribution is 8.18. The number of aliphatic imine (C=N–C) groups is 1. The molecule has 0 aliphatic carbocycles. The van der Waals surface area contributed by atoms with Crippen LogP contribution in [0.2, 0.25) is 0 Å². The zero-order chi connectivity index (χ0) is 19.0. The molecule has 0 N–H and O–H groups in total. The molecular weight excluding hydrogens is 360 g/mol. The molecule has 138 valence electrons. The van der Waals surface area contributed by atoms with Crippen LogP contribution >= 0.6 is 11.8 Å². The summed E-state index contributed by atoms with van der Waals surface area (Å²) in [6, 6.07) is 11.7. The first-order valence-electron chi connectivity index (χ1n) is 8.82. The molecule has 0 spiro atoms. The van der Waals surface area contributed by atoms with Crippen LogP contribution in [0, 0.1) is 13.8 Å². The lowest BCUT2D eigenvalue weighted by Gasteiger charge is -2.12. The molecule has 4 rings (SSSR count). The Bertz CT molecular complexity index is 981. The number of carbonyl (C=O) groups is 1. The number of thioether (sulfide) groups is 1. The quantitative estimate of drug-likeness (QED) is 0.727. The van der Waals surface area contributed by atoms with Crippen molar-refractivity contribution in [3.8, 4) is 11.5 Å². The van der Waals surface area contributed by atoms with Crippen LogP contribution in [0.1, 0.15) is 23.6 Å². The number of hydrogen-bond donors (Lipinski definition) is 0. The standard InChI is InChI=1S/C21H20N2O3S/c1-4-23-20(24)19(11-15-6-8-17-18(10-15)26-12-25-17)27-21(23)22-16-7-5-13(2)14(3)9-16/h5-11H,4,12H2,1-3H3/b19-11+,22-21?. The van der Waals surface area contributed by atoms with Crippen molar-refractivity contribution in [3.05, 3.63) is 58.0 Å². The highest BCUT2D eigenvalue weighted by Gasteiger charge is 2.32. The predicted molar refractivity (Wildman–Crippen MR) is 109 cm³/mol. The molecule has 0 atom stereocenters. The van der Waals surface area contributed by atoms with Crippen LogP contribution in [0.3, 0.4) is 0 Å². The smallest absolute Gasteiger partial charge is 0.266 e. The van der Waals surface area contributed by atoms with Gasteiger partial charge in [-0.3, -0.25) is 9.69 Å². The van der Waals surface area contributed by atoms with Gasteiger partial charge in [0.2, 0.25) is 6.79 Å². The molecule has 6 heteroatoms. The summed E-state index contributed by atoms with van der Waals surface area (Å²) in [5, 5.41) is 0.706. The minimum absolute atomic E-state index is 0.0252. The van der Waals surface area contributed by atoms with Gasteiger partial charge in [0.1, 0.15) is 0 Å². The summed E-state index contributed by atoms with van der Waals surface area (Å²) in [4.78, 5) is 19.9. The summed E-state index contributed by atoms with van der Waals surface area (Å²) >= 11 is 1.40. The number of likely N-dealkylation sites (N-methyl/N-ethyl adjacent to an activating group) is 1. The molecule has 2 aliphatic heterocycles. The van der Waals surface area contributed by atoms with E-state index < -0.39 is 0 Å². The minimum atomic E-state index is -0.0252. The maximum Gasteiger partial charge on any atom is 0.266 e. The second-order valence-electron chi connectivity index (χ2n) is 6.44. The zero-order valence-electron chi connectivity index (χ0n) is 15.5. The molecule has 1 saturated heterocycles. The summed E-state index contributed by atoms with van der Waals surface area (Å²) in [6.45, 7) is 6.91. The number of carbonyl (C=O) groups excluding carboxylic acids is 1. The molecule has 1 fully saturated rings. The Morgan fingerprint density at radius 3 is 2.70 bits per heavy atom. The number of benzene rings is 2. The molecule has 5 nitrogen and oxygen atoms in total. The molecule has 0 bridgehead atoms. The van der Waals surface area contributed by atoms with Crippen molar-refractivity contribution in [1.29, 1.82) is 0 Å². The third-order valence-corrected chi connectivity index (χ3v) is 5.62. The molecule has 2 aliphatic rings. The summed E-state index contributed by atoms with van der Waals surface area (Å²) in [5.41, 5.74) is 4.17. The topological polar surface area (TPSA) is 51.1 Å². The Kier molecular flexibility index (Phi) is 4.66. The summed E-state index contributed by atoms with van der Waals surface area (Å²) in [5.74, 6) is 1.41. The van der Waals surface area contributed by atoms with Gasteiger partial charge in [-0.05, 0) is 79.6 Å². The van der Waals surface area contributed by atoms with Gasteiger partial charge in [0.15, 0.2) is 16.7 Å². The van der Waals surface area contributed by atoms with E-state index >= 15 is 0 Å². The van der Waals surface area contributed by atoms with Crippen molar-refractivity contribution in [2.45, 2.75) is 20.8 Å². The summed E-state index contributed by atoms with van der Waals surface area (Å²) in [6.07, 6.45) is 1.88. The Morgan fingerprint density at radius 2 is 1.93 bits per heavy atom. The first-order valence-corrected chi connectivity index (χ1v) is 9.64. The number of nitrogens with zero attached hydrogens (tertiary/aromatic N) is 2. The van der Waals surface area contributed by atoms with E-state index in [1.807, 2.05) is 43.3 Å². The third-order valence-electron chi connectivity index (χ3n) is 4.61. The molecule has 0 unspecified atom stereocenters. The van der Waals surface area contributed by atoms with Gasteiger partial charge in [0.25, 0.3) is 5.91 Å². The number of amidine groups is 1. The van der Waals surface area contributed by atoms with Crippen LogP contribution in [-0.4, -0.2) is 29.3 Å². The predicted octanol–water partition coefficient (Wildman–Crippen LogP) is 4.66. The van der Waals surface area contributed by atoms with Crippen molar-refractivity contribution in [3.63, 3.8) is 0 Å². The lowest BCUT2D eigenvalue weighted by molar-refractivity contribution is -0.122. The number of fused-ring (bicyclic) bond motifs is 1. The van der Waals surface area contributed by atoms with Gasteiger partial charge in [0, 0.05) is 6.54 Å². The molecular formula is C21H20N2O3S. The average Bonchev–Trinajstić information content (AvgIpc) is 3.22. The van der Waals surface area contributed by atoms with Crippen LogP contribution in [0.5, 0.6) is 11.5 Å². The van der Waals surface area contributed by atoms with E-state index in [0.29, 0.717) is 22.4 Å². The molecule has 1 amide bonds. The van der Waals surface area contributed by atoms with Crippen LogP contribution in [-0.2, 0) is 4.79 Å². The van der Waals surface area contributed by atoms with Gasteiger partial charge in [-0.1, -0.05) is 12.1 Å². The van der Waals surface area contributed by atoms with E-state index in [-0.39, 0.29) is 12.7 Å². The maximum absolute atomic E-state index is 12.8. The first kappa shape index (κ1) is 17.7. The fourth-order valence-electron chi connectivity index (χ4n) is 2.93. The third kappa shape index (κ3) is 3.45. The molecule has 27 heavy (non-hydrogen) atoms. The molecule has 2 aromatic carbocycles. The van der Waals surface area contributed by atoms with E-state index in [2.05, 4.69) is 19.9 Å². The molecule has 2 heterocycles. The Hall–Kier alpha value is -2.73. The fraction of sp³-hybridized carbons (Fsp3) is 0.238. The van der Waals surface area contributed by atoms with Gasteiger partial charge in [-0.25, -0.2) is 4.99 Å². The van der Waals surface area contributed by atoms with Crippen LogP contribution < -0.4 is 9.47 Å². The van der Waals surface area contributed by atoms with Gasteiger partial charge < -0.3 is 9.47 Å². The Balaban J connectivity index is 1.65. The number of amides is 1. The molecule has 0 aromatic heterocycles. The zero-order valence-corrected chi connectivity index (χ0v) is 16.3. The minimum Gasteiger partial charge on any atom is -0.454 e. The highest BCUT2D eigenvalue weighted by Crippen LogP contribution is 2.37. The van der Waals surface area contributed by atoms with Crippen LogP contribution in [0.15, 0.2) is 46.3 Å². The monoisotopic (exact) mass is 380 g/mol. The van der Waals surface area contributed by atoms with Crippen molar-refractivity contribution >= 4 is 34.6 Å². The maximum atomic E-state index is 12.8. The number of ether oxygens (including phenoxy) is 2. The van der Waals surface area contributed by atoms with Gasteiger partial charge >= 0.3 is 0 Å².